The van der Waals surface area contributed by atoms with Gasteiger partial charge >= 0.3 is 0 Å². The molecule has 168 valence electrons. The number of methoxy groups -OCH3 is 1. The lowest BCUT2D eigenvalue weighted by Crippen LogP contribution is -2.26. The normalized spacial score (nSPS) is 10.7. The quantitative estimate of drug-likeness (QED) is 0.500. The molecule has 0 aliphatic heterocycles. The van der Waals surface area contributed by atoms with Crippen LogP contribution in [0.4, 0.5) is 0 Å². The first-order valence-corrected chi connectivity index (χ1v) is 10.9. The van der Waals surface area contributed by atoms with E-state index < -0.39 is 0 Å². The van der Waals surface area contributed by atoms with Crippen molar-refractivity contribution in [3.05, 3.63) is 76.9 Å². The van der Waals surface area contributed by atoms with Gasteiger partial charge in [0.25, 0.3) is 5.91 Å². The van der Waals surface area contributed by atoms with E-state index in [1.807, 2.05) is 42.7 Å². The highest BCUT2D eigenvalue weighted by atomic mass is 16.5. The van der Waals surface area contributed by atoms with E-state index in [0.717, 1.165) is 29.3 Å². The molecule has 0 unspecified atom stereocenters. The zero-order valence-corrected chi connectivity index (χ0v) is 18.9. The Morgan fingerprint density at radius 2 is 1.69 bits per heavy atom. The molecule has 3 rings (SSSR count). The van der Waals surface area contributed by atoms with Crippen molar-refractivity contribution in [1.29, 1.82) is 0 Å². The Morgan fingerprint density at radius 3 is 2.34 bits per heavy atom. The van der Waals surface area contributed by atoms with Crippen molar-refractivity contribution in [2.45, 2.75) is 46.1 Å². The van der Waals surface area contributed by atoms with Crippen LogP contribution in [0, 0.1) is 6.92 Å². The molecule has 1 N–H and O–H groups in total. The summed E-state index contributed by atoms with van der Waals surface area (Å²) in [4.78, 5) is 24.8. The molecular weight excluding hydrogens is 404 g/mol. The van der Waals surface area contributed by atoms with Gasteiger partial charge in [0.2, 0.25) is 0 Å². The third-order valence-electron chi connectivity index (χ3n) is 5.48. The van der Waals surface area contributed by atoms with Crippen molar-refractivity contribution in [2.24, 2.45) is 0 Å². The number of nitrogens with one attached hydrogen (secondary N) is 1. The van der Waals surface area contributed by atoms with E-state index >= 15 is 0 Å². The Kier molecular flexibility index (Phi) is 8.14. The monoisotopic (exact) mass is 434 g/mol. The fourth-order valence-corrected chi connectivity index (χ4v) is 3.60. The SMILES string of the molecule is CCn1c(CCNC(=O)c2ccc(OC)cc2)nnc1CCC(=O)Cc1ccccc1C. The van der Waals surface area contributed by atoms with E-state index in [1.54, 1.807) is 31.4 Å². The minimum atomic E-state index is -0.141. The molecule has 1 heterocycles. The number of hydrogen-bond donors (Lipinski definition) is 1. The standard InChI is InChI=1S/C25H30N4O3/c1-4-29-23(14-11-21(30)17-20-8-6-5-7-18(20)2)27-28-24(29)15-16-26-25(31)19-9-12-22(32-3)13-10-19/h5-10,12-13H,4,11,14-17H2,1-3H3,(H,26,31). The molecule has 0 saturated carbocycles. The number of rotatable bonds is 11. The molecule has 0 fully saturated rings. The third kappa shape index (κ3) is 6.03. The molecule has 0 saturated heterocycles. The van der Waals surface area contributed by atoms with Crippen LogP contribution in [0.3, 0.4) is 0 Å². The van der Waals surface area contributed by atoms with Gasteiger partial charge in [0.1, 0.15) is 23.2 Å². The van der Waals surface area contributed by atoms with Crippen molar-refractivity contribution in [3.63, 3.8) is 0 Å². The lowest BCUT2D eigenvalue weighted by atomic mass is 10.0. The molecule has 0 radical (unpaired) electrons. The maximum Gasteiger partial charge on any atom is 0.251 e. The van der Waals surface area contributed by atoms with Crippen LogP contribution in [0.2, 0.25) is 0 Å². The largest absolute Gasteiger partial charge is 0.497 e. The Hall–Kier alpha value is -3.48. The van der Waals surface area contributed by atoms with E-state index in [4.69, 9.17) is 4.74 Å². The van der Waals surface area contributed by atoms with Crippen molar-refractivity contribution >= 4 is 11.7 Å². The number of nitrogens with zero attached hydrogens (tertiary/aromatic N) is 3. The van der Waals surface area contributed by atoms with Gasteiger partial charge in [0, 0.05) is 44.3 Å². The molecule has 7 heteroatoms. The highest BCUT2D eigenvalue weighted by Crippen LogP contribution is 2.12. The minimum Gasteiger partial charge on any atom is -0.497 e. The molecular formula is C25H30N4O3. The molecule has 0 bridgehead atoms. The van der Waals surface area contributed by atoms with Gasteiger partial charge in [-0.2, -0.15) is 0 Å². The van der Waals surface area contributed by atoms with Crippen LogP contribution >= 0.6 is 0 Å². The molecule has 7 nitrogen and oxygen atoms in total. The fourth-order valence-electron chi connectivity index (χ4n) is 3.60. The van der Waals surface area contributed by atoms with Crippen molar-refractivity contribution < 1.29 is 14.3 Å². The Labute approximate surface area is 188 Å². The number of benzene rings is 2. The Bertz CT molecular complexity index is 1060. The van der Waals surface area contributed by atoms with Gasteiger partial charge in [0.15, 0.2) is 0 Å². The lowest BCUT2D eigenvalue weighted by Gasteiger charge is -2.09. The second kappa shape index (κ2) is 11.2. The second-order valence-electron chi connectivity index (χ2n) is 7.65. The van der Waals surface area contributed by atoms with Gasteiger partial charge in [-0.1, -0.05) is 24.3 Å². The Balaban J connectivity index is 1.51. The fraction of sp³-hybridized carbons (Fsp3) is 0.360. The van der Waals surface area contributed by atoms with Crippen LogP contribution in [0.25, 0.3) is 0 Å². The zero-order chi connectivity index (χ0) is 22.9. The summed E-state index contributed by atoms with van der Waals surface area (Å²) in [6.07, 6.45) is 2.00. The molecule has 0 atom stereocenters. The van der Waals surface area contributed by atoms with Gasteiger partial charge in [0.05, 0.1) is 7.11 Å². The summed E-state index contributed by atoms with van der Waals surface area (Å²) >= 11 is 0. The highest BCUT2D eigenvalue weighted by molar-refractivity contribution is 5.94. The molecule has 1 aromatic heterocycles. The molecule has 2 aromatic carbocycles. The predicted molar refractivity (Wildman–Crippen MR) is 123 cm³/mol. The maximum atomic E-state index is 12.5. The molecule has 1 amide bonds. The third-order valence-corrected chi connectivity index (χ3v) is 5.48. The van der Waals surface area contributed by atoms with Crippen molar-refractivity contribution in [1.82, 2.24) is 20.1 Å². The second-order valence-corrected chi connectivity index (χ2v) is 7.65. The smallest absolute Gasteiger partial charge is 0.251 e. The molecule has 0 aliphatic carbocycles. The number of amides is 1. The van der Waals surface area contributed by atoms with Crippen molar-refractivity contribution in [2.75, 3.05) is 13.7 Å². The Morgan fingerprint density at radius 1 is 1.00 bits per heavy atom. The summed E-state index contributed by atoms with van der Waals surface area (Å²) < 4.78 is 7.14. The molecule has 32 heavy (non-hydrogen) atoms. The van der Waals surface area contributed by atoms with Crippen LogP contribution in [0.1, 0.15) is 46.5 Å². The van der Waals surface area contributed by atoms with Gasteiger partial charge < -0.3 is 14.6 Å². The molecule has 3 aromatic rings. The number of aromatic nitrogens is 3. The first-order valence-electron chi connectivity index (χ1n) is 10.9. The number of aryl methyl sites for hydroxylation is 2. The summed E-state index contributed by atoms with van der Waals surface area (Å²) in [5.74, 6) is 2.38. The average molecular weight is 435 g/mol. The molecule has 0 spiro atoms. The molecule has 0 aliphatic rings. The van der Waals surface area contributed by atoms with E-state index in [9.17, 15) is 9.59 Å². The van der Waals surface area contributed by atoms with Crippen LogP contribution in [-0.2, 0) is 30.6 Å². The summed E-state index contributed by atoms with van der Waals surface area (Å²) in [7, 11) is 1.59. The number of Topliss-reactive ketones (excluding diaryl/α,β-unsaturated/α-hetero) is 1. The first kappa shape index (κ1) is 23.2. The van der Waals surface area contributed by atoms with E-state index in [2.05, 4.69) is 15.5 Å². The van der Waals surface area contributed by atoms with Crippen LogP contribution in [-0.4, -0.2) is 40.1 Å². The minimum absolute atomic E-state index is 0.141. The number of ether oxygens (including phenoxy) is 1. The predicted octanol–water partition coefficient (Wildman–Crippen LogP) is 3.33. The highest BCUT2D eigenvalue weighted by Gasteiger charge is 2.14. The number of ketones is 1. The van der Waals surface area contributed by atoms with E-state index in [-0.39, 0.29) is 11.7 Å². The van der Waals surface area contributed by atoms with Gasteiger partial charge in [-0.15, -0.1) is 10.2 Å². The average Bonchev–Trinajstić information content (AvgIpc) is 3.21. The topological polar surface area (TPSA) is 86.1 Å². The summed E-state index contributed by atoms with van der Waals surface area (Å²) in [5, 5.41) is 11.5. The van der Waals surface area contributed by atoms with Crippen LogP contribution in [0.5, 0.6) is 5.75 Å². The summed E-state index contributed by atoms with van der Waals surface area (Å²) in [6.45, 7) is 5.22. The summed E-state index contributed by atoms with van der Waals surface area (Å²) in [5.41, 5.74) is 2.79. The van der Waals surface area contributed by atoms with Gasteiger partial charge in [-0.25, -0.2) is 0 Å². The van der Waals surface area contributed by atoms with Crippen LogP contribution < -0.4 is 10.1 Å². The first-order chi connectivity index (χ1) is 15.5. The lowest BCUT2D eigenvalue weighted by molar-refractivity contribution is -0.118. The number of carbonyl (C=O) groups is 2. The zero-order valence-electron chi connectivity index (χ0n) is 18.9. The van der Waals surface area contributed by atoms with E-state index in [0.29, 0.717) is 43.5 Å². The number of hydrogen-bond acceptors (Lipinski definition) is 5. The van der Waals surface area contributed by atoms with Gasteiger partial charge in [-0.05, 0) is 49.2 Å². The van der Waals surface area contributed by atoms with Crippen LogP contribution in [0.15, 0.2) is 48.5 Å². The summed E-state index contributed by atoms with van der Waals surface area (Å²) in [6, 6.07) is 14.9. The van der Waals surface area contributed by atoms with Gasteiger partial charge in [-0.3, -0.25) is 9.59 Å². The van der Waals surface area contributed by atoms with E-state index in [1.165, 1.54) is 0 Å². The number of carbonyl (C=O) groups excluding carboxylic acids is 2. The maximum absolute atomic E-state index is 12.5. The van der Waals surface area contributed by atoms with Crippen molar-refractivity contribution in [3.8, 4) is 5.75 Å².